The summed E-state index contributed by atoms with van der Waals surface area (Å²) in [6, 6.07) is 6.61. The second-order valence-corrected chi connectivity index (χ2v) is 4.25. The molecule has 0 unspecified atom stereocenters. The van der Waals surface area contributed by atoms with E-state index in [1.165, 1.54) is 16.9 Å². The number of hydrogen-bond donors (Lipinski definition) is 1. The second-order valence-electron chi connectivity index (χ2n) is 4.25. The zero-order valence-corrected chi connectivity index (χ0v) is 9.79. The first-order valence-corrected chi connectivity index (χ1v) is 5.82. The standard InChI is InChI=1S/C14H18N2/c1-3-4-5-9-15-13-6-7-14-12(11-13)8-10-16(14)2/h1,6-7,11,15H,4-5,8-10H2,2H3. The van der Waals surface area contributed by atoms with Gasteiger partial charge in [0.2, 0.25) is 0 Å². The molecule has 2 nitrogen and oxygen atoms in total. The molecule has 16 heavy (non-hydrogen) atoms. The number of hydrogen-bond acceptors (Lipinski definition) is 2. The predicted molar refractivity (Wildman–Crippen MR) is 70.0 cm³/mol. The van der Waals surface area contributed by atoms with Crippen molar-refractivity contribution in [1.82, 2.24) is 0 Å². The number of rotatable bonds is 4. The molecule has 0 aromatic heterocycles. The zero-order valence-electron chi connectivity index (χ0n) is 9.79. The summed E-state index contributed by atoms with van der Waals surface area (Å²) in [6.45, 7) is 2.09. The van der Waals surface area contributed by atoms with Gasteiger partial charge in [0.25, 0.3) is 0 Å². The Bertz CT molecular complexity index is 404. The number of anilines is 2. The van der Waals surface area contributed by atoms with Crippen LogP contribution >= 0.6 is 0 Å². The van der Waals surface area contributed by atoms with Crippen LogP contribution in [0.5, 0.6) is 0 Å². The summed E-state index contributed by atoms with van der Waals surface area (Å²) in [5.41, 5.74) is 4.03. The van der Waals surface area contributed by atoms with Crippen molar-refractivity contribution < 1.29 is 0 Å². The molecule has 0 saturated heterocycles. The van der Waals surface area contributed by atoms with Crippen molar-refractivity contribution in [3.63, 3.8) is 0 Å². The van der Waals surface area contributed by atoms with Crippen LogP contribution < -0.4 is 10.2 Å². The number of benzene rings is 1. The van der Waals surface area contributed by atoms with Gasteiger partial charge >= 0.3 is 0 Å². The van der Waals surface area contributed by atoms with Gasteiger partial charge in [-0.2, -0.15) is 0 Å². The smallest absolute Gasteiger partial charge is 0.0398 e. The number of terminal acetylenes is 1. The van der Waals surface area contributed by atoms with Gasteiger partial charge in [0.1, 0.15) is 0 Å². The summed E-state index contributed by atoms with van der Waals surface area (Å²) < 4.78 is 0. The molecule has 1 aliphatic rings. The Hall–Kier alpha value is -1.62. The van der Waals surface area contributed by atoms with E-state index in [1.54, 1.807) is 0 Å². The molecule has 0 atom stereocenters. The number of likely N-dealkylation sites (N-methyl/N-ethyl adjacent to an activating group) is 1. The Morgan fingerprint density at radius 2 is 2.38 bits per heavy atom. The van der Waals surface area contributed by atoms with E-state index in [0.717, 1.165) is 32.4 Å². The van der Waals surface area contributed by atoms with Crippen molar-refractivity contribution >= 4 is 11.4 Å². The van der Waals surface area contributed by atoms with E-state index in [4.69, 9.17) is 6.42 Å². The van der Waals surface area contributed by atoms with Crippen LogP contribution in [0.2, 0.25) is 0 Å². The molecule has 0 spiro atoms. The summed E-state index contributed by atoms with van der Waals surface area (Å²) in [4.78, 5) is 2.30. The molecule has 0 bridgehead atoms. The number of unbranched alkanes of at least 4 members (excludes halogenated alkanes) is 1. The third-order valence-electron chi connectivity index (χ3n) is 3.03. The van der Waals surface area contributed by atoms with E-state index >= 15 is 0 Å². The number of fused-ring (bicyclic) bond motifs is 1. The maximum Gasteiger partial charge on any atom is 0.0398 e. The lowest BCUT2D eigenvalue weighted by molar-refractivity contribution is 0.907. The Morgan fingerprint density at radius 3 is 3.19 bits per heavy atom. The molecule has 1 aromatic rings. The normalized spacial score (nSPS) is 13.4. The molecule has 0 saturated carbocycles. The second kappa shape index (κ2) is 4.94. The van der Waals surface area contributed by atoms with Gasteiger partial charge in [-0.3, -0.25) is 0 Å². The van der Waals surface area contributed by atoms with Crippen LogP contribution in [-0.2, 0) is 6.42 Å². The molecule has 1 aliphatic heterocycles. The number of nitrogens with zero attached hydrogens (tertiary/aromatic N) is 1. The topological polar surface area (TPSA) is 15.3 Å². The minimum Gasteiger partial charge on any atom is -0.385 e. The van der Waals surface area contributed by atoms with E-state index in [-0.39, 0.29) is 0 Å². The lowest BCUT2D eigenvalue weighted by atomic mass is 10.1. The summed E-state index contributed by atoms with van der Waals surface area (Å²) in [6.07, 6.45) is 8.26. The van der Waals surface area contributed by atoms with Gasteiger partial charge in [-0.1, -0.05) is 0 Å². The fraction of sp³-hybridized carbons (Fsp3) is 0.429. The van der Waals surface area contributed by atoms with Crippen molar-refractivity contribution in [2.24, 2.45) is 0 Å². The molecule has 0 aliphatic carbocycles. The largest absolute Gasteiger partial charge is 0.385 e. The molecule has 1 heterocycles. The zero-order chi connectivity index (χ0) is 11.4. The molecule has 0 fully saturated rings. The third-order valence-corrected chi connectivity index (χ3v) is 3.03. The van der Waals surface area contributed by atoms with Crippen molar-refractivity contribution in [1.29, 1.82) is 0 Å². The molecular formula is C14H18N2. The van der Waals surface area contributed by atoms with E-state index in [0.29, 0.717) is 0 Å². The Morgan fingerprint density at radius 1 is 1.50 bits per heavy atom. The van der Waals surface area contributed by atoms with E-state index < -0.39 is 0 Å². The van der Waals surface area contributed by atoms with Crippen molar-refractivity contribution in [2.75, 3.05) is 30.4 Å². The van der Waals surface area contributed by atoms with Gasteiger partial charge in [-0.05, 0) is 36.6 Å². The average molecular weight is 214 g/mol. The van der Waals surface area contributed by atoms with Crippen molar-refractivity contribution in [3.8, 4) is 12.3 Å². The summed E-state index contributed by atoms with van der Waals surface area (Å²) in [5, 5.41) is 3.41. The minimum atomic E-state index is 0.848. The van der Waals surface area contributed by atoms with Crippen molar-refractivity contribution in [2.45, 2.75) is 19.3 Å². The molecule has 1 N–H and O–H groups in total. The van der Waals surface area contributed by atoms with Crippen LogP contribution in [0.15, 0.2) is 18.2 Å². The maximum atomic E-state index is 5.21. The highest BCUT2D eigenvalue weighted by Gasteiger charge is 2.15. The highest BCUT2D eigenvalue weighted by molar-refractivity contribution is 5.63. The lowest BCUT2D eigenvalue weighted by Crippen LogP contribution is -2.12. The van der Waals surface area contributed by atoms with Gasteiger partial charge in [0.15, 0.2) is 0 Å². The number of nitrogens with one attached hydrogen (secondary N) is 1. The molecule has 0 radical (unpaired) electrons. The van der Waals surface area contributed by atoms with Crippen LogP contribution in [0.1, 0.15) is 18.4 Å². The Labute approximate surface area is 97.7 Å². The van der Waals surface area contributed by atoms with Gasteiger partial charge in [-0.25, -0.2) is 0 Å². The first-order valence-electron chi connectivity index (χ1n) is 5.82. The fourth-order valence-corrected chi connectivity index (χ4v) is 2.10. The molecule has 84 valence electrons. The van der Waals surface area contributed by atoms with Crippen LogP contribution in [0.25, 0.3) is 0 Å². The first-order chi connectivity index (χ1) is 7.81. The van der Waals surface area contributed by atoms with Crippen LogP contribution in [0.4, 0.5) is 11.4 Å². The molecule has 1 aromatic carbocycles. The average Bonchev–Trinajstić information content (AvgIpc) is 2.66. The van der Waals surface area contributed by atoms with Crippen molar-refractivity contribution in [3.05, 3.63) is 23.8 Å². The van der Waals surface area contributed by atoms with Crippen LogP contribution in [0, 0.1) is 12.3 Å². The first kappa shape index (κ1) is 10.9. The fourth-order valence-electron chi connectivity index (χ4n) is 2.10. The van der Waals surface area contributed by atoms with Gasteiger partial charge in [0, 0.05) is 37.9 Å². The molecule has 2 heteroatoms. The SMILES string of the molecule is C#CCCCNc1ccc2c(c1)CCN2C. The van der Waals surface area contributed by atoms with Gasteiger partial charge in [-0.15, -0.1) is 12.3 Å². The van der Waals surface area contributed by atoms with Gasteiger partial charge in [0.05, 0.1) is 0 Å². The highest BCUT2D eigenvalue weighted by Crippen LogP contribution is 2.28. The molecule has 2 rings (SSSR count). The highest BCUT2D eigenvalue weighted by atomic mass is 15.1. The Balaban J connectivity index is 1.95. The van der Waals surface area contributed by atoms with E-state index in [9.17, 15) is 0 Å². The Kier molecular flexibility index (Phi) is 3.36. The summed E-state index contributed by atoms with van der Waals surface area (Å²) in [5.74, 6) is 2.65. The summed E-state index contributed by atoms with van der Waals surface area (Å²) >= 11 is 0. The van der Waals surface area contributed by atoms with Crippen LogP contribution in [-0.4, -0.2) is 20.1 Å². The van der Waals surface area contributed by atoms with Crippen LogP contribution in [0.3, 0.4) is 0 Å². The summed E-state index contributed by atoms with van der Waals surface area (Å²) in [7, 11) is 2.14. The van der Waals surface area contributed by atoms with Gasteiger partial charge < -0.3 is 10.2 Å². The molecule has 0 amide bonds. The van der Waals surface area contributed by atoms with E-state index in [1.807, 2.05) is 0 Å². The monoisotopic (exact) mass is 214 g/mol. The maximum absolute atomic E-state index is 5.21. The lowest BCUT2D eigenvalue weighted by Gasteiger charge is -2.12. The minimum absolute atomic E-state index is 0.848. The van der Waals surface area contributed by atoms with E-state index in [2.05, 4.69) is 41.4 Å². The quantitative estimate of drug-likeness (QED) is 0.612. The third kappa shape index (κ3) is 2.30. The molecular weight excluding hydrogens is 196 g/mol. The predicted octanol–water partition coefficient (Wildman–Crippen LogP) is 2.50.